The van der Waals surface area contributed by atoms with Gasteiger partial charge in [-0.05, 0) is 38.1 Å². The predicted octanol–water partition coefficient (Wildman–Crippen LogP) is 1.93. The number of Topliss-reactive ketones (excluding diaryl/α,β-unsaturated/α-hetero) is 1. The van der Waals surface area contributed by atoms with E-state index in [2.05, 4.69) is 4.98 Å². The summed E-state index contributed by atoms with van der Waals surface area (Å²) >= 11 is 0. The number of pyridine rings is 2. The number of aromatic nitrogens is 2. The van der Waals surface area contributed by atoms with Crippen LogP contribution in [-0.2, 0) is 4.79 Å². The molecule has 0 bridgehead atoms. The molecule has 2 rings (SSSR count). The zero-order valence-electron chi connectivity index (χ0n) is 11.2. The standard InChI is InChI=1S/C15H13N3O2/c1-10(11(2)19)18-14(13-5-3-4-8-17-13)7-6-12(9-16)15(18)20/h3-8,10H,1-2H3. The molecule has 0 radical (unpaired) electrons. The van der Waals surface area contributed by atoms with Crippen molar-refractivity contribution in [1.82, 2.24) is 9.55 Å². The molecule has 2 heterocycles. The molecular weight excluding hydrogens is 254 g/mol. The van der Waals surface area contributed by atoms with Crippen molar-refractivity contribution in [1.29, 1.82) is 5.26 Å². The summed E-state index contributed by atoms with van der Waals surface area (Å²) in [7, 11) is 0. The number of rotatable bonds is 3. The maximum atomic E-state index is 12.3. The first-order valence-corrected chi connectivity index (χ1v) is 6.13. The van der Waals surface area contributed by atoms with Crippen LogP contribution in [0.3, 0.4) is 0 Å². The van der Waals surface area contributed by atoms with Crippen molar-refractivity contribution in [3.63, 3.8) is 0 Å². The van der Waals surface area contributed by atoms with E-state index in [4.69, 9.17) is 5.26 Å². The van der Waals surface area contributed by atoms with Crippen LogP contribution in [0.2, 0.25) is 0 Å². The van der Waals surface area contributed by atoms with Crippen LogP contribution >= 0.6 is 0 Å². The lowest BCUT2D eigenvalue weighted by Crippen LogP contribution is -2.30. The largest absolute Gasteiger partial charge is 0.298 e. The van der Waals surface area contributed by atoms with Gasteiger partial charge in [0, 0.05) is 6.20 Å². The zero-order chi connectivity index (χ0) is 14.7. The lowest BCUT2D eigenvalue weighted by molar-refractivity contribution is -0.119. The number of hydrogen-bond donors (Lipinski definition) is 0. The van der Waals surface area contributed by atoms with Gasteiger partial charge in [0.15, 0.2) is 5.78 Å². The second kappa shape index (κ2) is 5.49. The van der Waals surface area contributed by atoms with Crippen molar-refractivity contribution >= 4 is 5.78 Å². The maximum absolute atomic E-state index is 12.3. The van der Waals surface area contributed by atoms with Gasteiger partial charge in [-0.3, -0.25) is 19.1 Å². The molecule has 5 nitrogen and oxygen atoms in total. The Labute approximate surface area is 116 Å². The molecule has 0 aliphatic heterocycles. The molecule has 0 saturated heterocycles. The minimum Gasteiger partial charge on any atom is -0.298 e. The monoisotopic (exact) mass is 267 g/mol. The Morgan fingerprint density at radius 2 is 2.10 bits per heavy atom. The fourth-order valence-corrected chi connectivity index (χ4v) is 1.93. The van der Waals surface area contributed by atoms with Crippen molar-refractivity contribution in [3.8, 4) is 17.5 Å². The van der Waals surface area contributed by atoms with Crippen molar-refractivity contribution in [2.45, 2.75) is 19.9 Å². The van der Waals surface area contributed by atoms with Gasteiger partial charge in [0.25, 0.3) is 5.56 Å². The Bertz CT molecular complexity index is 742. The number of carbonyl (C=O) groups excluding carboxylic acids is 1. The molecule has 1 atom stereocenters. The highest BCUT2D eigenvalue weighted by molar-refractivity contribution is 5.80. The van der Waals surface area contributed by atoms with E-state index in [1.54, 1.807) is 37.4 Å². The summed E-state index contributed by atoms with van der Waals surface area (Å²) in [5, 5.41) is 8.96. The molecule has 0 saturated carbocycles. The van der Waals surface area contributed by atoms with Gasteiger partial charge in [-0.2, -0.15) is 5.26 Å². The fourth-order valence-electron chi connectivity index (χ4n) is 1.93. The molecule has 0 N–H and O–H groups in total. The SMILES string of the molecule is CC(=O)C(C)n1c(-c2ccccn2)ccc(C#N)c1=O. The number of ketones is 1. The van der Waals surface area contributed by atoms with Crippen LogP contribution < -0.4 is 5.56 Å². The smallest absolute Gasteiger partial charge is 0.269 e. The average molecular weight is 267 g/mol. The Kier molecular flexibility index (Phi) is 3.76. The van der Waals surface area contributed by atoms with E-state index in [1.807, 2.05) is 6.07 Å². The Balaban J connectivity index is 2.77. The summed E-state index contributed by atoms with van der Waals surface area (Å²) in [5.41, 5.74) is 0.649. The maximum Gasteiger partial charge on any atom is 0.269 e. The summed E-state index contributed by atoms with van der Waals surface area (Å²) in [5.74, 6) is -0.153. The lowest BCUT2D eigenvalue weighted by Gasteiger charge is -2.17. The van der Waals surface area contributed by atoms with Gasteiger partial charge in [-0.1, -0.05) is 6.07 Å². The fraction of sp³-hybridized carbons (Fsp3) is 0.200. The Hall–Kier alpha value is -2.74. The van der Waals surface area contributed by atoms with Gasteiger partial charge in [0.05, 0.1) is 17.4 Å². The Morgan fingerprint density at radius 3 is 2.65 bits per heavy atom. The van der Waals surface area contributed by atoms with E-state index in [9.17, 15) is 9.59 Å². The first kappa shape index (κ1) is 13.7. The topological polar surface area (TPSA) is 75.8 Å². The molecule has 0 fully saturated rings. The van der Waals surface area contributed by atoms with Crippen LogP contribution in [0.15, 0.2) is 41.3 Å². The molecule has 0 amide bonds. The van der Waals surface area contributed by atoms with E-state index in [-0.39, 0.29) is 11.3 Å². The molecule has 0 aliphatic rings. The number of hydrogen-bond acceptors (Lipinski definition) is 4. The van der Waals surface area contributed by atoms with Gasteiger partial charge < -0.3 is 0 Å². The third-order valence-electron chi connectivity index (χ3n) is 3.14. The molecular formula is C15H13N3O2. The van der Waals surface area contributed by atoms with E-state index in [1.165, 1.54) is 17.6 Å². The van der Waals surface area contributed by atoms with Crippen LogP contribution in [0, 0.1) is 11.3 Å². The second-order valence-corrected chi connectivity index (χ2v) is 4.42. The number of nitriles is 1. The first-order chi connectivity index (χ1) is 9.56. The quantitative estimate of drug-likeness (QED) is 0.851. The van der Waals surface area contributed by atoms with Crippen LogP contribution in [0.25, 0.3) is 11.4 Å². The van der Waals surface area contributed by atoms with Crippen LogP contribution in [0.1, 0.15) is 25.5 Å². The van der Waals surface area contributed by atoms with Crippen molar-refractivity contribution in [2.24, 2.45) is 0 Å². The van der Waals surface area contributed by atoms with E-state index < -0.39 is 11.6 Å². The van der Waals surface area contributed by atoms with Crippen LogP contribution in [0.5, 0.6) is 0 Å². The minimum atomic E-state index is -0.646. The zero-order valence-corrected chi connectivity index (χ0v) is 11.2. The summed E-state index contributed by atoms with van der Waals surface area (Å²) in [4.78, 5) is 28.1. The first-order valence-electron chi connectivity index (χ1n) is 6.13. The van der Waals surface area contributed by atoms with E-state index >= 15 is 0 Å². The number of nitrogens with zero attached hydrogens (tertiary/aromatic N) is 3. The van der Waals surface area contributed by atoms with Crippen molar-refractivity contribution in [3.05, 3.63) is 52.4 Å². The lowest BCUT2D eigenvalue weighted by atomic mass is 10.1. The predicted molar refractivity (Wildman–Crippen MR) is 74.0 cm³/mol. The van der Waals surface area contributed by atoms with Gasteiger partial charge >= 0.3 is 0 Å². The van der Waals surface area contributed by atoms with Gasteiger partial charge in [0.1, 0.15) is 11.6 Å². The average Bonchev–Trinajstić information content (AvgIpc) is 2.47. The highest BCUT2D eigenvalue weighted by atomic mass is 16.1. The molecule has 5 heteroatoms. The molecule has 0 aromatic carbocycles. The summed E-state index contributed by atoms with van der Waals surface area (Å²) < 4.78 is 1.32. The normalized spacial score (nSPS) is 11.7. The van der Waals surface area contributed by atoms with Gasteiger partial charge in [0.2, 0.25) is 0 Å². The molecule has 0 aliphatic carbocycles. The summed E-state index contributed by atoms with van der Waals surface area (Å²) in [6.07, 6.45) is 1.61. The van der Waals surface area contributed by atoms with E-state index in [0.717, 1.165) is 0 Å². The highest BCUT2D eigenvalue weighted by Crippen LogP contribution is 2.19. The van der Waals surface area contributed by atoms with Crippen LogP contribution in [0.4, 0.5) is 0 Å². The number of carbonyl (C=O) groups is 1. The van der Waals surface area contributed by atoms with E-state index in [0.29, 0.717) is 11.4 Å². The summed E-state index contributed by atoms with van der Waals surface area (Å²) in [6.45, 7) is 3.05. The Morgan fingerprint density at radius 1 is 1.35 bits per heavy atom. The molecule has 0 spiro atoms. The minimum absolute atomic E-state index is 0.0118. The van der Waals surface area contributed by atoms with Crippen LogP contribution in [-0.4, -0.2) is 15.3 Å². The third-order valence-corrected chi connectivity index (χ3v) is 3.14. The second-order valence-electron chi connectivity index (χ2n) is 4.42. The summed E-state index contributed by atoms with van der Waals surface area (Å²) in [6, 6.07) is 9.61. The molecule has 20 heavy (non-hydrogen) atoms. The molecule has 2 aromatic rings. The van der Waals surface area contributed by atoms with Crippen molar-refractivity contribution in [2.75, 3.05) is 0 Å². The third kappa shape index (κ3) is 2.36. The van der Waals surface area contributed by atoms with Gasteiger partial charge in [-0.25, -0.2) is 0 Å². The van der Waals surface area contributed by atoms with Crippen molar-refractivity contribution < 1.29 is 4.79 Å². The molecule has 100 valence electrons. The highest BCUT2D eigenvalue weighted by Gasteiger charge is 2.18. The molecule has 2 aromatic heterocycles. The molecule has 1 unspecified atom stereocenters. The van der Waals surface area contributed by atoms with Gasteiger partial charge in [-0.15, -0.1) is 0 Å².